The number of hydrogen-bond donors (Lipinski definition) is 1. The number of carbonyl (C=O) groups is 1. The second-order valence-electron chi connectivity index (χ2n) is 5.05. The Morgan fingerprint density at radius 3 is 2.90 bits per heavy atom. The minimum atomic E-state index is -3.46. The first kappa shape index (κ1) is 13.4. The standard InChI is InChI=1S/C13H15NO5S/c1-20(16,17)18-7-8-6-10-9-2-5-13(15)14-11(9)3-4-12(10)19-8/h3-4,8H,2,5-7H2,1H3,(H,14,15). The first-order valence-corrected chi connectivity index (χ1v) is 8.20. The van der Waals surface area contributed by atoms with Crippen molar-refractivity contribution in [1.82, 2.24) is 0 Å². The maximum atomic E-state index is 11.4. The summed E-state index contributed by atoms with van der Waals surface area (Å²) in [4.78, 5) is 11.4. The average molecular weight is 297 g/mol. The van der Waals surface area contributed by atoms with E-state index in [2.05, 4.69) is 5.32 Å². The fourth-order valence-electron chi connectivity index (χ4n) is 2.60. The van der Waals surface area contributed by atoms with Gasteiger partial charge in [0.05, 0.1) is 6.26 Å². The zero-order valence-electron chi connectivity index (χ0n) is 11.0. The number of carbonyl (C=O) groups excluding carboxylic acids is 1. The Labute approximate surface area is 117 Å². The van der Waals surface area contributed by atoms with E-state index in [9.17, 15) is 13.2 Å². The van der Waals surface area contributed by atoms with Gasteiger partial charge in [-0.05, 0) is 24.1 Å². The highest BCUT2D eigenvalue weighted by Gasteiger charge is 2.29. The molecule has 0 saturated heterocycles. The van der Waals surface area contributed by atoms with Gasteiger partial charge in [-0.3, -0.25) is 8.98 Å². The number of rotatable bonds is 3. The summed E-state index contributed by atoms with van der Waals surface area (Å²) in [5.41, 5.74) is 2.96. The molecule has 1 atom stereocenters. The molecule has 20 heavy (non-hydrogen) atoms. The summed E-state index contributed by atoms with van der Waals surface area (Å²) in [6, 6.07) is 3.63. The highest BCUT2D eigenvalue weighted by atomic mass is 32.2. The summed E-state index contributed by atoms with van der Waals surface area (Å²) in [5.74, 6) is 0.773. The average Bonchev–Trinajstić information content (AvgIpc) is 2.78. The monoisotopic (exact) mass is 297 g/mol. The Morgan fingerprint density at radius 2 is 2.15 bits per heavy atom. The molecule has 2 heterocycles. The molecule has 0 aliphatic carbocycles. The van der Waals surface area contributed by atoms with Gasteiger partial charge in [0, 0.05) is 24.1 Å². The number of anilines is 1. The summed E-state index contributed by atoms with van der Waals surface area (Å²) in [6.07, 6.45) is 2.47. The van der Waals surface area contributed by atoms with Gasteiger partial charge in [-0.2, -0.15) is 8.42 Å². The van der Waals surface area contributed by atoms with Gasteiger partial charge >= 0.3 is 0 Å². The van der Waals surface area contributed by atoms with Crippen LogP contribution in [-0.2, 0) is 31.9 Å². The lowest BCUT2D eigenvalue weighted by atomic mass is 9.95. The predicted molar refractivity (Wildman–Crippen MR) is 72.3 cm³/mol. The summed E-state index contributed by atoms with van der Waals surface area (Å²) in [5, 5.41) is 2.84. The van der Waals surface area contributed by atoms with E-state index in [4.69, 9.17) is 8.92 Å². The summed E-state index contributed by atoms with van der Waals surface area (Å²) in [7, 11) is -3.46. The maximum absolute atomic E-state index is 11.4. The summed E-state index contributed by atoms with van der Waals surface area (Å²) >= 11 is 0. The van der Waals surface area contributed by atoms with Gasteiger partial charge in [0.2, 0.25) is 5.91 Å². The first-order valence-electron chi connectivity index (χ1n) is 6.38. The minimum absolute atomic E-state index is 0.00858. The molecule has 0 saturated carbocycles. The third kappa shape index (κ3) is 2.64. The molecule has 1 N–H and O–H groups in total. The van der Waals surface area contributed by atoms with Gasteiger partial charge in [0.25, 0.3) is 10.1 Å². The van der Waals surface area contributed by atoms with Gasteiger partial charge in [-0.15, -0.1) is 0 Å². The molecule has 0 bridgehead atoms. The zero-order chi connectivity index (χ0) is 14.3. The van der Waals surface area contributed by atoms with E-state index in [0.717, 1.165) is 28.8 Å². The van der Waals surface area contributed by atoms with Crippen molar-refractivity contribution in [3.8, 4) is 5.75 Å². The molecule has 2 aliphatic rings. The Balaban J connectivity index is 1.79. The lowest BCUT2D eigenvalue weighted by Gasteiger charge is -2.18. The normalized spacial score (nSPS) is 20.9. The molecule has 1 aromatic rings. The Morgan fingerprint density at radius 1 is 1.35 bits per heavy atom. The quantitative estimate of drug-likeness (QED) is 0.837. The van der Waals surface area contributed by atoms with E-state index in [1.807, 2.05) is 6.07 Å². The molecular formula is C13H15NO5S. The molecule has 6 nitrogen and oxygen atoms in total. The van der Waals surface area contributed by atoms with Crippen LogP contribution in [0, 0.1) is 0 Å². The van der Waals surface area contributed by atoms with E-state index in [1.54, 1.807) is 6.07 Å². The van der Waals surface area contributed by atoms with Crippen LogP contribution in [0.3, 0.4) is 0 Å². The number of amides is 1. The second-order valence-corrected chi connectivity index (χ2v) is 6.69. The van der Waals surface area contributed by atoms with Crippen LogP contribution in [0.4, 0.5) is 5.69 Å². The van der Waals surface area contributed by atoms with E-state index in [-0.39, 0.29) is 18.6 Å². The third-order valence-electron chi connectivity index (χ3n) is 3.46. The van der Waals surface area contributed by atoms with E-state index < -0.39 is 10.1 Å². The smallest absolute Gasteiger partial charge is 0.264 e. The van der Waals surface area contributed by atoms with Crippen molar-refractivity contribution < 1.29 is 22.1 Å². The van der Waals surface area contributed by atoms with Crippen molar-refractivity contribution in [3.05, 3.63) is 23.3 Å². The molecule has 0 radical (unpaired) electrons. The molecule has 2 aliphatic heterocycles. The molecule has 3 rings (SSSR count). The van der Waals surface area contributed by atoms with E-state index >= 15 is 0 Å². The summed E-state index contributed by atoms with van der Waals surface area (Å²) < 4.78 is 32.5. The van der Waals surface area contributed by atoms with Crippen molar-refractivity contribution >= 4 is 21.7 Å². The number of hydrogen-bond acceptors (Lipinski definition) is 5. The molecule has 0 fully saturated rings. The Kier molecular flexibility index (Phi) is 3.18. The number of ether oxygens (including phenoxy) is 1. The lowest BCUT2D eigenvalue weighted by Crippen LogP contribution is -2.23. The van der Waals surface area contributed by atoms with E-state index in [1.165, 1.54) is 0 Å². The molecular weight excluding hydrogens is 282 g/mol. The number of benzene rings is 1. The highest BCUT2D eigenvalue weighted by molar-refractivity contribution is 7.85. The molecule has 0 aromatic heterocycles. The lowest BCUT2D eigenvalue weighted by molar-refractivity contribution is -0.116. The maximum Gasteiger partial charge on any atom is 0.264 e. The zero-order valence-corrected chi connectivity index (χ0v) is 11.8. The minimum Gasteiger partial charge on any atom is -0.487 e. The first-order chi connectivity index (χ1) is 9.42. The van der Waals surface area contributed by atoms with Gasteiger partial charge in [-0.25, -0.2) is 0 Å². The predicted octanol–water partition coefficient (Wildman–Crippen LogP) is 0.851. The van der Waals surface area contributed by atoms with Crippen LogP contribution < -0.4 is 10.1 Å². The Hall–Kier alpha value is -1.60. The van der Waals surface area contributed by atoms with E-state index in [0.29, 0.717) is 19.3 Å². The molecule has 0 spiro atoms. The van der Waals surface area contributed by atoms with Crippen molar-refractivity contribution in [2.24, 2.45) is 0 Å². The van der Waals surface area contributed by atoms with Crippen LogP contribution in [0.5, 0.6) is 5.75 Å². The number of nitrogens with one attached hydrogen (secondary N) is 1. The second kappa shape index (κ2) is 4.75. The van der Waals surface area contributed by atoms with Gasteiger partial charge in [-0.1, -0.05) is 0 Å². The van der Waals surface area contributed by atoms with Gasteiger partial charge in [0.15, 0.2) is 0 Å². The van der Waals surface area contributed by atoms with Crippen LogP contribution in [0.15, 0.2) is 12.1 Å². The van der Waals surface area contributed by atoms with Crippen LogP contribution in [-0.4, -0.2) is 33.3 Å². The highest BCUT2D eigenvalue weighted by Crippen LogP contribution is 2.38. The molecule has 108 valence electrons. The topological polar surface area (TPSA) is 81.7 Å². The van der Waals surface area contributed by atoms with Crippen molar-refractivity contribution in [1.29, 1.82) is 0 Å². The van der Waals surface area contributed by atoms with Gasteiger partial charge < -0.3 is 10.1 Å². The molecule has 1 aromatic carbocycles. The van der Waals surface area contributed by atoms with Crippen LogP contribution in [0.25, 0.3) is 0 Å². The largest absolute Gasteiger partial charge is 0.487 e. The van der Waals surface area contributed by atoms with Gasteiger partial charge in [0.1, 0.15) is 18.5 Å². The Bertz CT molecular complexity index is 668. The van der Waals surface area contributed by atoms with Crippen LogP contribution >= 0.6 is 0 Å². The SMILES string of the molecule is CS(=O)(=O)OCC1Cc2c(ccc3c2CCC(=O)N3)O1. The van der Waals surface area contributed by atoms with Crippen molar-refractivity contribution in [3.63, 3.8) is 0 Å². The fourth-order valence-corrected chi connectivity index (χ4v) is 3.00. The molecule has 1 unspecified atom stereocenters. The van der Waals surface area contributed by atoms with Crippen LogP contribution in [0.2, 0.25) is 0 Å². The molecule has 7 heteroatoms. The van der Waals surface area contributed by atoms with Crippen LogP contribution in [0.1, 0.15) is 17.5 Å². The molecule has 1 amide bonds. The third-order valence-corrected chi connectivity index (χ3v) is 4.02. The number of fused-ring (bicyclic) bond motifs is 3. The fraction of sp³-hybridized carbons (Fsp3) is 0.462. The van der Waals surface area contributed by atoms with Crippen molar-refractivity contribution in [2.75, 3.05) is 18.2 Å². The van der Waals surface area contributed by atoms with Crippen molar-refractivity contribution in [2.45, 2.75) is 25.4 Å². The summed E-state index contributed by atoms with van der Waals surface area (Å²) in [6.45, 7) is 0.00858.